The van der Waals surface area contributed by atoms with Crippen molar-refractivity contribution >= 4 is 11.5 Å². The summed E-state index contributed by atoms with van der Waals surface area (Å²) in [6, 6.07) is 26.8. The molecule has 0 heterocycles. The number of benzene rings is 3. The maximum absolute atomic E-state index is 12.1. The van der Waals surface area contributed by atoms with Gasteiger partial charge >= 0.3 is 5.97 Å². The quantitative estimate of drug-likeness (QED) is 0.652. The van der Waals surface area contributed by atoms with E-state index < -0.39 is 5.97 Å². The van der Waals surface area contributed by atoms with E-state index in [1.165, 1.54) is 0 Å². The first kappa shape index (κ1) is 17.5. The second kappa shape index (κ2) is 8.17. The number of ether oxygens (including phenoxy) is 1. The minimum absolute atomic E-state index is 0.332. The van der Waals surface area contributed by atoms with Crippen LogP contribution in [0.15, 0.2) is 90.5 Å². The number of hydrogen-bond donors (Lipinski definition) is 1. The maximum Gasteiger partial charge on any atom is 0.332 e. The SMILES string of the molecule is COc1ccc(CC(C(=O)O)=C(c2ccccc2)c2ccccc2)cc1. The summed E-state index contributed by atoms with van der Waals surface area (Å²) in [6.45, 7) is 0. The Morgan fingerprint density at radius 3 is 1.73 bits per heavy atom. The van der Waals surface area contributed by atoms with Gasteiger partial charge in [-0.25, -0.2) is 4.79 Å². The Morgan fingerprint density at radius 2 is 1.31 bits per heavy atom. The number of rotatable bonds is 6. The van der Waals surface area contributed by atoms with Gasteiger partial charge in [-0.2, -0.15) is 0 Å². The first-order valence-electron chi connectivity index (χ1n) is 8.39. The molecule has 0 aliphatic rings. The van der Waals surface area contributed by atoms with Gasteiger partial charge in [0.1, 0.15) is 5.75 Å². The Labute approximate surface area is 153 Å². The molecule has 3 aromatic rings. The number of hydrogen-bond acceptors (Lipinski definition) is 2. The minimum atomic E-state index is -0.913. The second-order valence-electron chi connectivity index (χ2n) is 5.92. The van der Waals surface area contributed by atoms with Gasteiger partial charge in [0, 0.05) is 12.0 Å². The van der Waals surface area contributed by atoms with Crippen molar-refractivity contribution < 1.29 is 14.6 Å². The fourth-order valence-electron chi connectivity index (χ4n) is 2.94. The normalized spacial score (nSPS) is 10.2. The molecule has 0 unspecified atom stereocenters. The molecule has 0 fully saturated rings. The molecule has 0 atom stereocenters. The fourth-order valence-corrected chi connectivity index (χ4v) is 2.94. The lowest BCUT2D eigenvalue weighted by atomic mass is 9.90. The lowest BCUT2D eigenvalue weighted by molar-refractivity contribution is -0.132. The van der Waals surface area contributed by atoms with Gasteiger partial charge in [-0.05, 0) is 34.4 Å². The van der Waals surface area contributed by atoms with Crippen LogP contribution in [0.25, 0.3) is 5.57 Å². The molecule has 0 amide bonds. The van der Waals surface area contributed by atoms with E-state index in [0.717, 1.165) is 28.0 Å². The monoisotopic (exact) mass is 344 g/mol. The van der Waals surface area contributed by atoms with Crippen molar-refractivity contribution in [3.05, 3.63) is 107 Å². The molecule has 0 spiro atoms. The topological polar surface area (TPSA) is 46.5 Å². The van der Waals surface area contributed by atoms with Crippen LogP contribution in [-0.4, -0.2) is 18.2 Å². The average molecular weight is 344 g/mol. The van der Waals surface area contributed by atoms with Gasteiger partial charge < -0.3 is 9.84 Å². The van der Waals surface area contributed by atoms with E-state index in [-0.39, 0.29) is 0 Å². The van der Waals surface area contributed by atoms with Crippen LogP contribution in [0.1, 0.15) is 16.7 Å². The van der Waals surface area contributed by atoms with Gasteiger partial charge in [0.05, 0.1) is 7.11 Å². The molecule has 26 heavy (non-hydrogen) atoms. The molecular weight excluding hydrogens is 324 g/mol. The van der Waals surface area contributed by atoms with Crippen molar-refractivity contribution in [1.29, 1.82) is 0 Å². The Morgan fingerprint density at radius 1 is 0.808 bits per heavy atom. The lowest BCUT2D eigenvalue weighted by Crippen LogP contribution is -2.08. The number of carbonyl (C=O) groups is 1. The Balaban J connectivity index is 2.13. The van der Waals surface area contributed by atoms with Crippen molar-refractivity contribution in [3.63, 3.8) is 0 Å². The third-order valence-electron chi connectivity index (χ3n) is 4.22. The first-order chi connectivity index (χ1) is 12.7. The van der Waals surface area contributed by atoms with E-state index >= 15 is 0 Å². The van der Waals surface area contributed by atoms with Crippen LogP contribution >= 0.6 is 0 Å². The summed E-state index contributed by atoms with van der Waals surface area (Å²) < 4.78 is 5.18. The highest BCUT2D eigenvalue weighted by Gasteiger charge is 2.18. The van der Waals surface area contributed by atoms with Gasteiger partial charge in [-0.1, -0.05) is 72.8 Å². The van der Waals surface area contributed by atoms with Gasteiger partial charge in [0.25, 0.3) is 0 Å². The molecule has 0 aliphatic heterocycles. The molecule has 3 heteroatoms. The molecule has 1 N–H and O–H groups in total. The van der Waals surface area contributed by atoms with Crippen LogP contribution in [0.5, 0.6) is 5.75 Å². The van der Waals surface area contributed by atoms with E-state index in [1.807, 2.05) is 84.9 Å². The van der Waals surface area contributed by atoms with E-state index in [0.29, 0.717) is 12.0 Å². The maximum atomic E-state index is 12.1. The lowest BCUT2D eigenvalue weighted by Gasteiger charge is -2.14. The number of carboxylic acids is 1. The van der Waals surface area contributed by atoms with Crippen LogP contribution in [0.2, 0.25) is 0 Å². The highest BCUT2D eigenvalue weighted by atomic mass is 16.5. The van der Waals surface area contributed by atoms with Crippen molar-refractivity contribution in [3.8, 4) is 5.75 Å². The van der Waals surface area contributed by atoms with E-state index in [4.69, 9.17) is 4.74 Å². The van der Waals surface area contributed by atoms with E-state index in [9.17, 15) is 9.90 Å². The highest BCUT2D eigenvalue weighted by Crippen LogP contribution is 2.29. The Hall–Kier alpha value is -3.33. The van der Waals surface area contributed by atoms with Crippen LogP contribution < -0.4 is 4.74 Å². The van der Waals surface area contributed by atoms with Crippen LogP contribution in [0, 0.1) is 0 Å². The minimum Gasteiger partial charge on any atom is -0.497 e. The van der Waals surface area contributed by atoms with Gasteiger partial charge in [0.15, 0.2) is 0 Å². The zero-order chi connectivity index (χ0) is 18.4. The molecule has 0 radical (unpaired) electrons. The second-order valence-corrected chi connectivity index (χ2v) is 5.92. The number of carboxylic acid groups (broad SMARTS) is 1. The summed E-state index contributed by atoms with van der Waals surface area (Å²) in [5.41, 5.74) is 3.82. The molecule has 3 aromatic carbocycles. The standard InChI is InChI=1S/C23H20O3/c1-26-20-14-12-17(13-15-20)16-21(23(24)25)22(18-8-4-2-5-9-18)19-10-6-3-7-11-19/h2-15H,16H2,1H3,(H,24,25). The van der Waals surface area contributed by atoms with Crippen molar-refractivity contribution in [2.45, 2.75) is 6.42 Å². The van der Waals surface area contributed by atoms with Crippen LogP contribution in [-0.2, 0) is 11.2 Å². The van der Waals surface area contributed by atoms with Crippen molar-refractivity contribution in [2.75, 3.05) is 7.11 Å². The zero-order valence-corrected chi connectivity index (χ0v) is 14.6. The predicted molar refractivity (Wildman–Crippen MR) is 103 cm³/mol. The molecule has 3 rings (SSSR count). The highest BCUT2D eigenvalue weighted by molar-refractivity contribution is 6.01. The largest absolute Gasteiger partial charge is 0.497 e. The molecule has 0 aromatic heterocycles. The zero-order valence-electron chi connectivity index (χ0n) is 14.6. The van der Waals surface area contributed by atoms with Gasteiger partial charge in [-0.15, -0.1) is 0 Å². The Bertz CT molecular complexity index is 854. The smallest absolute Gasteiger partial charge is 0.332 e. The molecule has 0 saturated heterocycles. The summed E-state index contributed by atoms with van der Waals surface area (Å²) in [6.07, 6.45) is 0.332. The third kappa shape index (κ3) is 4.01. The van der Waals surface area contributed by atoms with E-state index in [1.54, 1.807) is 7.11 Å². The molecule has 3 nitrogen and oxygen atoms in total. The van der Waals surface area contributed by atoms with Gasteiger partial charge in [-0.3, -0.25) is 0 Å². The average Bonchev–Trinajstić information content (AvgIpc) is 2.69. The molecule has 0 aliphatic carbocycles. The molecule has 0 bridgehead atoms. The molecule has 0 saturated carbocycles. The van der Waals surface area contributed by atoms with Crippen LogP contribution in [0.3, 0.4) is 0 Å². The van der Waals surface area contributed by atoms with Gasteiger partial charge in [0.2, 0.25) is 0 Å². The molecule has 130 valence electrons. The number of methoxy groups -OCH3 is 1. The van der Waals surface area contributed by atoms with Crippen molar-refractivity contribution in [2.24, 2.45) is 0 Å². The van der Waals surface area contributed by atoms with E-state index in [2.05, 4.69) is 0 Å². The fraction of sp³-hybridized carbons (Fsp3) is 0.0870. The Kier molecular flexibility index (Phi) is 5.49. The van der Waals surface area contributed by atoms with Crippen molar-refractivity contribution in [1.82, 2.24) is 0 Å². The summed E-state index contributed by atoms with van der Waals surface area (Å²) in [5, 5.41) is 9.95. The number of aliphatic carboxylic acids is 1. The predicted octanol–water partition coefficient (Wildman–Crippen LogP) is 4.82. The summed E-state index contributed by atoms with van der Waals surface area (Å²) >= 11 is 0. The summed E-state index contributed by atoms with van der Waals surface area (Å²) in [7, 11) is 1.61. The third-order valence-corrected chi connectivity index (χ3v) is 4.22. The molecular formula is C23H20O3. The van der Waals surface area contributed by atoms with Crippen LogP contribution in [0.4, 0.5) is 0 Å². The summed E-state index contributed by atoms with van der Waals surface area (Å²) in [4.78, 5) is 12.1. The first-order valence-corrected chi connectivity index (χ1v) is 8.39. The summed E-state index contributed by atoms with van der Waals surface area (Å²) in [5.74, 6) is -0.163.